The fraction of sp³-hybridized carbons (Fsp3) is 0.625. The Morgan fingerprint density at radius 3 is 2.33 bits per heavy atom. The lowest BCUT2D eigenvalue weighted by Crippen LogP contribution is -1.82. The van der Waals surface area contributed by atoms with E-state index in [4.69, 9.17) is 0 Å². The summed E-state index contributed by atoms with van der Waals surface area (Å²) < 4.78 is 20.8. The van der Waals surface area contributed by atoms with Gasteiger partial charge in [0, 0.05) is 14.2 Å². The van der Waals surface area contributed by atoms with Crippen molar-refractivity contribution in [3.05, 3.63) is 17.1 Å². The van der Waals surface area contributed by atoms with E-state index in [0.717, 1.165) is 12.0 Å². The summed E-state index contributed by atoms with van der Waals surface area (Å²) in [5.41, 5.74) is 3.87. The molecule has 0 unspecified atom stereocenters. The van der Waals surface area contributed by atoms with Crippen molar-refractivity contribution in [3.63, 3.8) is 0 Å². The SMILES string of the molecule is CCC(C)=C=CP(=O)(OC)OC. The fourth-order valence-electron chi connectivity index (χ4n) is 0.471. The van der Waals surface area contributed by atoms with E-state index in [0.29, 0.717) is 0 Å². The molecule has 12 heavy (non-hydrogen) atoms. The number of rotatable bonds is 4. The third-order valence-electron chi connectivity index (χ3n) is 1.51. The molecule has 70 valence electrons. The summed E-state index contributed by atoms with van der Waals surface area (Å²) in [6, 6.07) is 0. The van der Waals surface area contributed by atoms with Crippen LogP contribution in [0.2, 0.25) is 0 Å². The second-order valence-corrected chi connectivity index (χ2v) is 4.38. The molecular formula is C8H15O3P. The van der Waals surface area contributed by atoms with Gasteiger partial charge in [-0.25, -0.2) is 0 Å². The molecule has 0 aliphatic rings. The predicted molar refractivity (Wildman–Crippen MR) is 49.2 cm³/mol. The van der Waals surface area contributed by atoms with Crippen molar-refractivity contribution < 1.29 is 13.6 Å². The van der Waals surface area contributed by atoms with Gasteiger partial charge < -0.3 is 9.05 Å². The van der Waals surface area contributed by atoms with Gasteiger partial charge in [-0.2, -0.15) is 0 Å². The molecule has 0 fully saturated rings. The largest absolute Gasteiger partial charge is 0.361 e. The normalized spacial score (nSPS) is 10.7. The zero-order valence-corrected chi connectivity index (χ0v) is 8.85. The van der Waals surface area contributed by atoms with E-state index < -0.39 is 7.60 Å². The van der Waals surface area contributed by atoms with Crippen LogP contribution in [-0.2, 0) is 13.6 Å². The molecule has 0 aromatic heterocycles. The maximum atomic E-state index is 11.4. The van der Waals surface area contributed by atoms with Crippen LogP contribution in [0.3, 0.4) is 0 Å². The summed E-state index contributed by atoms with van der Waals surface area (Å²) in [5.74, 6) is 1.35. The van der Waals surface area contributed by atoms with Gasteiger partial charge in [0.25, 0.3) is 0 Å². The first-order chi connectivity index (χ1) is 5.58. The minimum atomic E-state index is -3.01. The van der Waals surface area contributed by atoms with Gasteiger partial charge in [0.1, 0.15) is 0 Å². The highest BCUT2D eigenvalue weighted by Crippen LogP contribution is 2.47. The van der Waals surface area contributed by atoms with Gasteiger partial charge in [0.2, 0.25) is 0 Å². The Morgan fingerprint density at radius 1 is 1.50 bits per heavy atom. The lowest BCUT2D eigenvalue weighted by atomic mass is 10.3. The molecule has 0 spiro atoms. The maximum absolute atomic E-state index is 11.4. The number of hydrogen-bond acceptors (Lipinski definition) is 3. The first-order valence-corrected chi connectivity index (χ1v) is 5.33. The van der Waals surface area contributed by atoms with Crippen LogP contribution >= 0.6 is 7.60 Å². The van der Waals surface area contributed by atoms with E-state index in [1.807, 2.05) is 13.8 Å². The van der Waals surface area contributed by atoms with Crippen molar-refractivity contribution in [2.45, 2.75) is 20.3 Å². The highest BCUT2D eigenvalue weighted by atomic mass is 31.2. The van der Waals surface area contributed by atoms with Crippen LogP contribution in [0.15, 0.2) is 17.1 Å². The Hall–Kier alpha value is -0.330. The second kappa shape index (κ2) is 5.34. The second-order valence-electron chi connectivity index (χ2n) is 2.31. The molecule has 0 aliphatic carbocycles. The maximum Gasteiger partial charge on any atom is 0.361 e. The highest BCUT2D eigenvalue weighted by molar-refractivity contribution is 7.57. The molecule has 0 radical (unpaired) electrons. The zero-order chi connectivity index (χ0) is 9.61. The van der Waals surface area contributed by atoms with E-state index in [9.17, 15) is 4.57 Å². The molecule has 0 bridgehead atoms. The standard InChI is InChI=1S/C8H15O3P/c1-5-8(2)6-7-12(9,10-3)11-4/h7H,5H2,1-4H3. The Bertz CT molecular complexity index is 231. The lowest BCUT2D eigenvalue weighted by molar-refractivity contribution is 0.286. The van der Waals surface area contributed by atoms with Crippen LogP contribution in [0.5, 0.6) is 0 Å². The van der Waals surface area contributed by atoms with Crippen LogP contribution in [0.1, 0.15) is 20.3 Å². The minimum Gasteiger partial charge on any atom is -0.309 e. The molecule has 0 heterocycles. The van der Waals surface area contributed by atoms with Gasteiger partial charge in [-0.1, -0.05) is 6.92 Å². The fourth-order valence-corrected chi connectivity index (χ4v) is 1.21. The third kappa shape index (κ3) is 3.89. The van der Waals surface area contributed by atoms with Gasteiger partial charge in [-0.15, -0.1) is 5.73 Å². The molecule has 0 aromatic carbocycles. The molecule has 0 atom stereocenters. The average Bonchev–Trinajstić information content (AvgIpc) is 2.13. The van der Waals surface area contributed by atoms with Gasteiger partial charge >= 0.3 is 7.60 Å². The minimum absolute atomic E-state index is 0.879. The molecule has 0 saturated carbocycles. The Morgan fingerprint density at radius 2 is 2.00 bits per heavy atom. The van der Waals surface area contributed by atoms with Crippen LogP contribution in [0, 0.1) is 0 Å². The zero-order valence-electron chi connectivity index (χ0n) is 7.96. The Balaban J connectivity index is 4.61. The molecule has 0 saturated heterocycles. The summed E-state index contributed by atoms with van der Waals surface area (Å²) in [6.45, 7) is 3.91. The van der Waals surface area contributed by atoms with Gasteiger partial charge in [0.15, 0.2) is 0 Å². The van der Waals surface area contributed by atoms with Gasteiger partial charge in [0.05, 0.1) is 5.82 Å². The van der Waals surface area contributed by atoms with Crippen molar-refractivity contribution in [2.24, 2.45) is 0 Å². The first kappa shape index (κ1) is 11.7. The third-order valence-corrected chi connectivity index (χ3v) is 2.97. The quantitative estimate of drug-likeness (QED) is 0.505. The van der Waals surface area contributed by atoms with E-state index >= 15 is 0 Å². The van der Waals surface area contributed by atoms with Crippen LogP contribution in [0.4, 0.5) is 0 Å². The first-order valence-electron chi connectivity index (χ1n) is 3.72. The molecule has 0 N–H and O–H groups in total. The Kier molecular flexibility index (Phi) is 5.19. The molecule has 4 heteroatoms. The van der Waals surface area contributed by atoms with Crippen molar-refractivity contribution in [1.82, 2.24) is 0 Å². The van der Waals surface area contributed by atoms with Crippen LogP contribution in [-0.4, -0.2) is 14.2 Å². The van der Waals surface area contributed by atoms with E-state index in [2.05, 4.69) is 14.8 Å². The van der Waals surface area contributed by atoms with Crippen molar-refractivity contribution in [2.75, 3.05) is 14.2 Å². The van der Waals surface area contributed by atoms with Gasteiger partial charge in [-0.05, 0) is 18.9 Å². The summed E-state index contributed by atoms with van der Waals surface area (Å²) >= 11 is 0. The monoisotopic (exact) mass is 190 g/mol. The predicted octanol–water partition coefficient (Wildman–Crippen LogP) is 2.94. The van der Waals surface area contributed by atoms with Crippen molar-refractivity contribution in [1.29, 1.82) is 0 Å². The molecule has 0 rings (SSSR count). The molecule has 3 nitrogen and oxygen atoms in total. The van der Waals surface area contributed by atoms with E-state index in [1.54, 1.807) is 0 Å². The van der Waals surface area contributed by atoms with Crippen molar-refractivity contribution >= 4 is 7.60 Å². The van der Waals surface area contributed by atoms with Gasteiger partial charge in [-0.3, -0.25) is 4.57 Å². The number of allylic oxidation sites excluding steroid dienone is 1. The number of hydrogen-bond donors (Lipinski definition) is 0. The lowest BCUT2D eigenvalue weighted by Gasteiger charge is -2.06. The molecule has 0 aliphatic heterocycles. The average molecular weight is 190 g/mol. The van der Waals surface area contributed by atoms with Crippen LogP contribution < -0.4 is 0 Å². The smallest absolute Gasteiger partial charge is 0.309 e. The Labute approximate surface area is 73.6 Å². The molecular weight excluding hydrogens is 175 g/mol. The summed E-state index contributed by atoms with van der Waals surface area (Å²) in [6.07, 6.45) is 0.879. The van der Waals surface area contributed by atoms with E-state index in [1.165, 1.54) is 20.0 Å². The summed E-state index contributed by atoms with van der Waals surface area (Å²) in [5, 5.41) is 0. The van der Waals surface area contributed by atoms with E-state index in [-0.39, 0.29) is 0 Å². The molecule has 0 aromatic rings. The van der Waals surface area contributed by atoms with Crippen LogP contribution in [0.25, 0.3) is 0 Å². The summed E-state index contributed by atoms with van der Waals surface area (Å²) in [7, 11) is -0.303. The summed E-state index contributed by atoms with van der Waals surface area (Å²) in [4.78, 5) is 0. The van der Waals surface area contributed by atoms with Crippen molar-refractivity contribution in [3.8, 4) is 0 Å². The molecule has 0 amide bonds. The topological polar surface area (TPSA) is 35.5 Å². The highest BCUT2D eigenvalue weighted by Gasteiger charge is 2.14.